The molecule has 0 spiro atoms. The monoisotopic (exact) mass is 827 g/mol. The first-order valence-electron chi connectivity index (χ1n) is 22.4. The third-order valence-electron chi connectivity index (χ3n) is 13.8. The lowest BCUT2D eigenvalue weighted by Gasteiger charge is -2.34. The molecule has 0 bridgehead atoms. The van der Waals surface area contributed by atoms with Crippen molar-refractivity contribution in [3.63, 3.8) is 0 Å². The summed E-state index contributed by atoms with van der Waals surface area (Å²) < 4.78 is 6.65. The van der Waals surface area contributed by atoms with Crippen LogP contribution in [-0.4, -0.2) is 0 Å². The Kier molecular flexibility index (Phi) is 8.47. The summed E-state index contributed by atoms with van der Waals surface area (Å²) in [5, 5.41) is 7.10. The number of furan rings is 1. The highest BCUT2D eigenvalue weighted by atomic mass is 16.3. The fraction of sp³-hybridized carbons (Fsp3) is 0.0159. The highest BCUT2D eigenvalue weighted by molar-refractivity contribution is 6.30. The van der Waals surface area contributed by atoms with E-state index < -0.39 is 5.41 Å². The Balaban J connectivity index is 0.933. The maximum Gasteiger partial charge on any atom is 0.143 e. The average molecular weight is 828 g/mol. The summed E-state index contributed by atoms with van der Waals surface area (Å²) in [5.41, 5.74) is 17.0. The minimum atomic E-state index is -0.461. The first kappa shape index (κ1) is 37.1. The van der Waals surface area contributed by atoms with Gasteiger partial charge in [0.2, 0.25) is 0 Å². The first-order chi connectivity index (χ1) is 32.2. The first-order valence-corrected chi connectivity index (χ1v) is 22.4. The van der Waals surface area contributed by atoms with Crippen LogP contribution in [0.2, 0.25) is 0 Å². The number of hydrogen-bond acceptors (Lipinski definition) is 2. The van der Waals surface area contributed by atoms with Crippen molar-refractivity contribution in [2.75, 3.05) is 4.90 Å². The minimum absolute atomic E-state index is 0.461. The Morgan fingerprint density at radius 1 is 0.308 bits per heavy atom. The Morgan fingerprint density at radius 3 is 1.35 bits per heavy atom. The van der Waals surface area contributed by atoms with Gasteiger partial charge in [0.15, 0.2) is 0 Å². The molecule has 0 unspecified atom stereocenters. The average Bonchev–Trinajstić information content (AvgIpc) is 3.92. The van der Waals surface area contributed by atoms with Crippen molar-refractivity contribution in [3.05, 3.63) is 271 Å². The van der Waals surface area contributed by atoms with E-state index >= 15 is 0 Å². The van der Waals surface area contributed by atoms with Crippen molar-refractivity contribution in [1.29, 1.82) is 0 Å². The van der Waals surface area contributed by atoms with Crippen LogP contribution in [0.25, 0.3) is 76.9 Å². The molecule has 1 heterocycles. The van der Waals surface area contributed by atoms with E-state index in [1.54, 1.807) is 0 Å². The van der Waals surface area contributed by atoms with Gasteiger partial charge in [-0.1, -0.05) is 200 Å². The van der Waals surface area contributed by atoms with E-state index in [1.165, 1.54) is 66.1 Å². The number of nitrogens with zero attached hydrogens (tertiary/aromatic N) is 1. The number of rotatable bonds is 7. The van der Waals surface area contributed by atoms with Gasteiger partial charge in [-0.05, 0) is 120 Å². The molecule has 0 fully saturated rings. The summed E-state index contributed by atoms with van der Waals surface area (Å²) in [6.45, 7) is 0. The zero-order valence-electron chi connectivity index (χ0n) is 35.5. The van der Waals surface area contributed by atoms with Gasteiger partial charge in [0.1, 0.15) is 11.2 Å². The second kappa shape index (κ2) is 14.8. The number of fused-ring (bicyclic) bond motifs is 11. The maximum atomic E-state index is 6.65. The van der Waals surface area contributed by atoms with Crippen molar-refractivity contribution in [2.24, 2.45) is 0 Å². The van der Waals surface area contributed by atoms with Crippen LogP contribution in [-0.2, 0) is 5.41 Å². The molecule has 12 aromatic rings. The molecule has 0 saturated carbocycles. The zero-order valence-corrected chi connectivity index (χ0v) is 35.5. The molecule has 304 valence electrons. The van der Waals surface area contributed by atoms with Crippen LogP contribution in [0.1, 0.15) is 22.3 Å². The van der Waals surface area contributed by atoms with Crippen LogP contribution >= 0.6 is 0 Å². The van der Waals surface area contributed by atoms with Crippen molar-refractivity contribution in [3.8, 4) is 33.4 Å². The van der Waals surface area contributed by atoms with E-state index in [0.717, 1.165) is 50.1 Å². The van der Waals surface area contributed by atoms with E-state index in [4.69, 9.17) is 4.42 Å². The normalized spacial score (nSPS) is 12.7. The number of hydrogen-bond donors (Lipinski definition) is 0. The topological polar surface area (TPSA) is 16.4 Å². The Labute approximate surface area is 377 Å². The second-order valence-corrected chi connectivity index (χ2v) is 17.2. The van der Waals surface area contributed by atoms with Gasteiger partial charge in [0.25, 0.3) is 0 Å². The van der Waals surface area contributed by atoms with Crippen LogP contribution in [0.3, 0.4) is 0 Å². The van der Waals surface area contributed by atoms with Gasteiger partial charge in [-0.25, -0.2) is 0 Å². The van der Waals surface area contributed by atoms with E-state index in [0.29, 0.717) is 0 Å². The predicted octanol–water partition coefficient (Wildman–Crippen LogP) is 17.1. The van der Waals surface area contributed by atoms with Crippen molar-refractivity contribution in [1.82, 2.24) is 0 Å². The molecule has 0 saturated heterocycles. The van der Waals surface area contributed by atoms with Gasteiger partial charge in [-0.2, -0.15) is 0 Å². The summed E-state index contributed by atoms with van der Waals surface area (Å²) in [7, 11) is 0. The lowest BCUT2D eigenvalue weighted by Crippen LogP contribution is -2.28. The van der Waals surface area contributed by atoms with Crippen LogP contribution < -0.4 is 4.90 Å². The Morgan fingerprint density at radius 2 is 0.738 bits per heavy atom. The molecule has 0 aliphatic heterocycles. The van der Waals surface area contributed by atoms with Gasteiger partial charge in [-0.15, -0.1) is 0 Å². The molecule has 1 aliphatic rings. The molecule has 0 N–H and O–H groups in total. The van der Waals surface area contributed by atoms with Crippen LogP contribution in [0.4, 0.5) is 17.1 Å². The van der Waals surface area contributed by atoms with E-state index in [2.05, 4.69) is 254 Å². The molecule has 2 heteroatoms. The molecule has 2 nitrogen and oxygen atoms in total. The SMILES string of the molecule is c1ccc(-c2ccc(N(c3ccc(-c4ccc5oc6c7ccccc7c7ccccc7c6c5c4)cc3)c3ccc(C4(c5ccccc5)c5ccccc5-c5ccccc54)cc3)cc2)cc1. The third-order valence-corrected chi connectivity index (χ3v) is 13.8. The standard InChI is InChI=1S/C63H41NO/c1-3-15-42(16-4-1)43-27-34-48(35-28-43)64(50-38-32-47(33-39-50)63(46-17-5-2-6-18-46)58-25-13-11-21-53(58)54-22-12-14-26-59(54)63)49-36-29-44(30-37-49)45-31-40-60-57(41-45)61-55-23-9-7-19-51(55)52-20-8-10-24-56(52)62(61)65-60/h1-41H. The Bertz CT molecular complexity index is 3690. The van der Waals surface area contributed by atoms with E-state index in [-0.39, 0.29) is 0 Å². The van der Waals surface area contributed by atoms with Crippen molar-refractivity contribution < 1.29 is 4.42 Å². The summed E-state index contributed by atoms with van der Waals surface area (Å²) >= 11 is 0. The molecular weight excluding hydrogens is 787 g/mol. The minimum Gasteiger partial charge on any atom is -0.455 e. The smallest absolute Gasteiger partial charge is 0.143 e. The van der Waals surface area contributed by atoms with E-state index in [9.17, 15) is 0 Å². The molecule has 0 radical (unpaired) electrons. The molecule has 0 atom stereocenters. The molecule has 13 rings (SSSR count). The number of benzene rings is 11. The molecule has 0 amide bonds. The van der Waals surface area contributed by atoms with Crippen LogP contribution in [0, 0.1) is 0 Å². The molecule has 11 aromatic carbocycles. The quantitative estimate of drug-likeness (QED) is 0.149. The van der Waals surface area contributed by atoms with Gasteiger partial charge >= 0.3 is 0 Å². The predicted molar refractivity (Wildman–Crippen MR) is 272 cm³/mol. The summed E-state index contributed by atoms with van der Waals surface area (Å²) in [6, 6.07) is 90.6. The molecular formula is C63H41NO. The highest BCUT2D eigenvalue weighted by Gasteiger charge is 2.45. The largest absolute Gasteiger partial charge is 0.455 e. The molecule has 1 aliphatic carbocycles. The van der Waals surface area contributed by atoms with Gasteiger partial charge in [0.05, 0.1) is 5.41 Å². The number of anilines is 3. The Hall–Kier alpha value is -8.46. The summed E-state index contributed by atoms with van der Waals surface area (Å²) in [5.74, 6) is 0. The van der Waals surface area contributed by atoms with Crippen LogP contribution in [0.5, 0.6) is 0 Å². The summed E-state index contributed by atoms with van der Waals surface area (Å²) in [6.07, 6.45) is 0. The lowest BCUT2D eigenvalue weighted by molar-refractivity contribution is 0.673. The van der Waals surface area contributed by atoms with Gasteiger partial charge in [0, 0.05) is 33.2 Å². The van der Waals surface area contributed by atoms with Crippen molar-refractivity contribution in [2.45, 2.75) is 5.41 Å². The molecule has 1 aromatic heterocycles. The van der Waals surface area contributed by atoms with Gasteiger partial charge in [-0.3, -0.25) is 0 Å². The fourth-order valence-corrected chi connectivity index (χ4v) is 10.8. The third kappa shape index (κ3) is 5.74. The lowest BCUT2D eigenvalue weighted by atomic mass is 9.68. The highest BCUT2D eigenvalue weighted by Crippen LogP contribution is 2.56. The van der Waals surface area contributed by atoms with Crippen molar-refractivity contribution >= 4 is 60.5 Å². The maximum absolute atomic E-state index is 6.65. The second-order valence-electron chi connectivity index (χ2n) is 17.2. The summed E-state index contributed by atoms with van der Waals surface area (Å²) in [4.78, 5) is 2.37. The molecule has 65 heavy (non-hydrogen) atoms. The van der Waals surface area contributed by atoms with Crippen LogP contribution in [0.15, 0.2) is 253 Å². The zero-order chi connectivity index (χ0) is 42.9. The van der Waals surface area contributed by atoms with Gasteiger partial charge < -0.3 is 9.32 Å². The van der Waals surface area contributed by atoms with E-state index in [1.807, 2.05) is 0 Å². The fourth-order valence-electron chi connectivity index (χ4n) is 10.8.